The fourth-order valence-electron chi connectivity index (χ4n) is 1.73. The molecule has 0 aliphatic carbocycles. The van der Waals surface area contributed by atoms with Crippen molar-refractivity contribution >= 4 is 0 Å². The maximum atomic E-state index is 5.50. The maximum Gasteiger partial charge on any atom is 0.236 e. The van der Waals surface area contributed by atoms with Crippen molar-refractivity contribution in [2.24, 2.45) is 0 Å². The summed E-state index contributed by atoms with van der Waals surface area (Å²) in [5.74, 6) is 1.38. The predicted octanol–water partition coefficient (Wildman–Crippen LogP) is 2.41. The van der Waals surface area contributed by atoms with Crippen molar-refractivity contribution in [3.63, 3.8) is 0 Å². The molecule has 16 heavy (non-hydrogen) atoms. The Hall–Kier alpha value is -1.58. The van der Waals surface area contributed by atoms with Gasteiger partial charge in [0.15, 0.2) is 0 Å². The fourth-order valence-corrected chi connectivity index (χ4v) is 1.73. The first-order chi connectivity index (χ1) is 7.61. The monoisotopic (exact) mass is 219 g/mol. The first kappa shape index (κ1) is 10.9. The Morgan fingerprint density at radius 1 is 1.19 bits per heavy atom. The minimum Gasteiger partial charge on any atom is -0.423 e. The molecule has 0 aromatic carbocycles. The Kier molecular flexibility index (Phi) is 2.81. The molecule has 0 amide bonds. The molecule has 2 rings (SSSR count). The van der Waals surface area contributed by atoms with Crippen LogP contribution in [0.15, 0.2) is 10.6 Å². The number of rotatable bonds is 3. The van der Waals surface area contributed by atoms with Crippen molar-refractivity contribution in [1.82, 2.24) is 14.8 Å². The lowest BCUT2D eigenvalue weighted by atomic mass is 10.2. The summed E-state index contributed by atoms with van der Waals surface area (Å²) < 4.78 is 7.65. The standard InChI is InChI=1S/C12H17N3O/c1-5-11-13-14-12(16-11)7-15-6-8(2)9(3)10(15)4/h6H,5,7H2,1-4H3. The normalized spacial score (nSPS) is 11.0. The van der Waals surface area contributed by atoms with Crippen molar-refractivity contribution in [1.29, 1.82) is 0 Å². The summed E-state index contributed by atoms with van der Waals surface area (Å²) in [6.07, 6.45) is 2.91. The molecule has 2 heterocycles. The van der Waals surface area contributed by atoms with Crippen LogP contribution in [0.5, 0.6) is 0 Å². The van der Waals surface area contributed by atoms with Crippen LogP contribution < -0.4 is 0 Å². The highest BCUT2D eigenvalue weighted by atomic mass is 16.4. The highest BCUT2D eigenvalue weighted by Crippen LogP contribution is 2.16. The molecular weight excluding hydrogens is 202 g/mol. The molecule has 0 spiro atoms. The van der Waals surface area contributed by atoms with Gasteiger partial charge >= 0.3 is 0 Å². The van der Waals surface area contributed by atoms with Gasteiger partial charge in [-0.05, 0) is 31.9 Å². The lowest BCUT2D eigenvalue weighted by Crippen LogP contribution is -2.00. The molecule has 0 fully saturated rings. The van der Waals surface area contributed by atoms with Crippen LogP contribution in [0.4, 0.5) is 0 Å². The van der Waals surface area contributed by atoms with E-state index in [1.54, 1.807) is 0 Å². The Morgan fingerprint density at radius 2 is 1.88 bits per heavy atom. The van der Waals surface area contributed by atoms with Crippen LogP contribution in [0.3, 0.4) is 0 Å². The minimum atomic E-state index is 0.660. The Labute approximate surface area is 95.3 Å². The molecule has 86 valence electrons. The largest absolute Gasteiger partial charge is 0.423 e. The van der Waals surface area contributed by atoms with E-state index in [1.807, 2.05) is 6.92 Å². The predicted molar refractivity (Wildman–Crippen MR) is 61.4 cm³/mol. The number of nitrogens with zero attached hydrogens (tertiary/aromatic N) is 3. The Bertz CT molecular complexity index is 496. The van der Waals surface area contributed by atoms with Crippen LogP contribution in [0.1, 0.15) is 35.5 Å². The topological polar surface area (TPSA) is 43.9 Å². The summed E-state index contributed by atoms with van der Waals surface area (Å²) in [7, 11) is 0. The second-order valence-corrected chi connectivity index (χ2v) is 4.09. The molecule has 0 atom stereocenters. The van der Waals surface area contributed by atoms with Crippen molar-refractivity contribution in [3.8, 4) is 0 Å². The second-order valence-electron chi connectivity index (χ2n) is 4.09. The highest BCUT2D eigenvalue weighted by molar-refractivity contribution is 5.29. The molecule has 0 aliphatic rings. The molecule has 4 heteroatoms. The Balaban J connectivity index is 2.23. The van der Waals surface area contributed by atoms with E-state index in [0.29, 0.717) is 18.3 Å². The zero-order valence-corrected chi connectivity index (χ0v) is 10.2. The third-order valence-corrected chi connectivity index (χ3v) is 3.03. The van der Waals surface area contributed by atoms with E-state index in [4.69, 9.17) is 4.42 Å². The van der Waals surface area contributed by atoms with E-state index >= 15 is 0 Å². The molecule has 4 nitrogen and oxygen atoms in total. The van der Waals surface area contributed by atoms with E-state index in [1.165, 1.54) is 16.8 Å². The van der Waals surface area contributed by atoms with E-state index in [0.717, 1.165) is 6.42 Å². The first-order valence-corrected chi connectivity index (χ1v) is 5.56. The van der Waals surface area contributed by atoms with E-state index in [-0.39, 0.29) is 0 Å². The fraction of sp³-hybridized carbons (Fsp3) is 0.500. The van der Waals surface area contributed by atoms with Crippen LogP contribution in [0.2, 0.25) is 0 Å². The summed E-state index contributed by atoms with van der Waals surface area (Å²) in [6.45, 7) is 9.02. The minimum absolute atomic E-state index is 0.660. The molecule has 0 N–H and O–H groups in total. The smallest absolute Gasteiger partial charge is 0.236 e. The molecule has 2 aromatic heterocycles. The van der Waals surface area contributed by atoms with Crippen LogP contribution >= 0.6 is 0 Å². The van der Waals surface area contributed by atoms with Gasteiger partial charge in [0.25, 0.3) is 0 Å². The van der Waals surface area contributed by atoms with Crippen molar-refractivity contribution < 1.29 is 4.42 Å². The number of aryl methyl sites for hydroxylation is 2. The molecule has 0 unspecified atom stereocenters. The molecule has 0 radical (unpaired) electrons. The van der Waals surface area contributed by atoms with E-state index < -0.39 is 0 Å². The van der Waals surface area contributed by atoms with E-state index in [2.05, 4.69) is 41.7 Å². The third kappa shape index (κ3) is 1.87. The van der Waals surface area contributed by atoms with Crippen molar-refractivity contribution in [3.05, 3.63) is 34.8 Å². The van der Waals surface area contributed by atoms with Gasteiger partial charge in [0.2, 0.25) is 11.8 Å². The van der Waals surface area contributed by atoms with Gasteiger partial charge in [0, 0.05) is 18.3 Å². The van der Waals surface area contributed by atoms with Gasteiger partial charge in [0.1, 0.15) is 6.54 Å². The number of hydrogen-bond donors (Lipinski definition) is 0. The summed E-state index contributed by atoms with van der Waals surface area (Å²) in [4.78, 5) is 0. The maximum absolute atomic E-state index is 5.50. The van der Waals surface area contributed by atoms with Gasteiger partial charge in [0.05, 0.1) is 0 Å². The van der Waals surface area contributed by atoms with Gasteiger partial charge in [-0.3, -0.25) is 0 Å². The summed E-state index contributed by atoms with van der Waals surface area (Å²) in [6, 6.07) is 0. The SMILES string of the molecule is CCc1nnc(Cn2cc(C)c(C)c2C)o1. The molecule has 0 bridgehead atoms. The molecule has 0 saturated heterocycles. The van der Waals surface area contributed by atoms with Crippen LogP contribution in [-0.2, 0) is 13.0 Å². The zero-order valence-electron chi connectivity index (χ0n) is 10.2. The summed E-state index contributed by atoms with van der Waals surface area (Å²) >= 11 is 0. The van der Waals surface area contributed by atoms with Crippen molar-refractivity contribution in [2.45, 2.75) is 40.7 Å². The molecule has 2 aromatic rings. The van der Waals surface area contributed by atoms with Crippen molar-refractivity contribution in [2.75, 3.05) is 0 Å². The van der Waals surface area contributed by atoms with E-state index in [9.17, 15) is 0 Å². The summed E-state index contributed by atoms with van der Waals surface area (Å²) in [5, 5.41) is 7.98. The average Bonchev–Trinajstić information content (AvgIpc) is 2.81. The van der Waals surface area contributed by atoms with Gasteiger partial charge in [-0.15, -0.1) is 10.2 Å². The highest BCUT2D eigenvalue weighted by Gasteiger charge is 2.09. The Morgan fingerprint density at radius 3 is 2.38 bits per heavy atom. The second kappa shape index (κ2) is 4.12. The number of aromatic nitrogens is 3. The lowest BCUT2D eigenvalue weighted by Gasteiger charge is -2.02. The quantitative estimate of drug-likeness (QED) is 0.796. The molecule has 0 saturated carbocycles. The third-order valence-electron chi connectivity index (χ3n) is 3.03. The van der Waals surface area contributed by atoms with Gasteiger partial charge in [-0.2, -0.15) is 0 Å². The van der Waals surface area contributed by atoms with Gasteiger partial charge < -0.3 is 8.98 Å². The first-order valence-electron chi connectivity index (χ1n) is 5.56. The summed E-state index contributed by atoms with van der Waals surface area (Å²) in [5.41, 5.74) is 3.89. The average molecular weight is 219 g/mol. The van der Waals surface area contributed by atoms with Crippen LogP contribution in [-0.4, -0.2) is 14.8 Å². The number of hydrogen-bond acceptors (Lipinski definition) is 3. The molecule has 0 aliphatic heterocycles. The molecular formula is C12H17N3O. The zero-order chi connectivity index (χ0) is 11.7. The van der Waals surface area contributed by atoms with Crippen LogP contribution in [0, 0.1) is 20.8 Å². The lowest BCUT2D eigenvalue weighted by molar-refractivity contribution is 0.441. The van der Waals surface area contributed by atoms with Gasteiger partial charge in [-0.1, -0.05) is 6.92 Å². The van der Waals surface area contributed by atoms with Crippen LogP contribution in [0.25, 0.3) is 0 Å². The van der Waals surface area contributed by atoms with Gasteiger partial charge in [-0.25, -0.2) is 0 Å².